The summed E-state index contributed by atoms with van der Waals surface area (Å²) in [5.74, 6) is 0.0505. The van der Waals surface area contributed by atoms with Gasteiger partial charge in [-0.05, 0) is 30.7 Å². The topological polar surface area (TPSA) is 38.3 Å². The first-order valence-electron chi connectivity index (χ1n) is 5.86. The minimum atomic E-state index is -0.0805. The van der Waals surface area contributed by atoms with Crippen LogP contribution < -0.4 is 5.32 Å². The van der Waals surface area contributed by atoms with Gasteiger partial charge in [0.1, 0.15) is 0 Å². The Bertz CT molecular complexity index is 370. The number of amides is 1. The van der Waals surface area contributed by atoms with Crippen LogP contribution in [0.5, 0.6) is 0 Å². The number of halogens is 1. The van der Waals surface area contributed by atoms with Crippen molar-refractivity contribution in [3.05, 3.63) is 29.3 Å². The van der Waals surface area contributed by atoms with Gasteiger partial charge >= 0.3 is 0 Å². The number of hydrogen-bond donors (Lipinski definition) is 1. The summed E-state index contributed by atoms with van der Waals surface area (Å²) in [5.41, 5.74) is 0. The Morgan fingerprint density at radius 3 is 2.67 bits per heavy atom. The summed E-state index contributed by atoms with van der Waals surface area (Å²) in [6, 6.07) is 7.52. The van der Waals surface area contributed by atoms with Gasteiger partial charge in [-0.15, -0.1) is 11.8 Å². The maximum atomic E-state index is 11.9. The highest BCUT2D eigenvalue weighted by atomic mass is 35.5. The first kappa shape index (κ1) is 15.3. The molecule has 0 aliphatic rings. The lowest BCUT2D eigenvalue weighted by Crippen LogP contribution is -2.34. The lowest BCUT2D eigenvalue weighted by atomic mass is 10.3. The molecule has 1 rings (SSSR count). The molecule has 5 heteroatoms. The first-order chi connectivity index (χ1) is 8.67. The highest BCUT2D eigenvalue weighted by Crippen LogP contribution is 2.26. The fourth-order valence-electron chi connectivity index (χ4n) is 1.39. The van der Waals surface area contributed by atoms with Crippen LogP contribution in [-0.2, 0) is 9.53 Å². The average molecular weight is 288 g/mol. The fraction of sp³-hybridized carbons (Fsp3) is 0.462. The second-order valence-electron chi connectivity index (χ2n) is 3.75. The maximum absolute atomic E-state index is 11.9. The Labute approximate surface area is 117 Å². The molecular weight excluding hydrogens is 270 g/mol. The van der Waals surface area contributed by atoms with Crippen molar-refractivity contribution in [3.8, 4) is 0 Å². The predicted molar refractivity (Wildman–Crippen MR) is 76.3 cm³/mol. The van der Waals surface area contributed by atoms with E-state index in [2.05, 4.69) is 5.32 Å². The third-order valence-electron chi connectivity index (χ3n) is 2.36. The van der Waals surface area contributed by atoms with Gasteiger partial charge in [-0.3, -0.25) is 4.79 Å². The van der Waals surface area contributed by atoms with Crippen molar-refractivity contribution < 1.29 is 9.53 Å². The number of carbonyl (C=O) groups is 1. The van der Waals surface area contributed by atoms with Crippen molar-refractivity contribution in [3.63, 3.8) is 0 Å². The molecule has 0 unspecified atom stereocenters. The van der Waals surface area contributed by atoms with Gasteiger partial charge in [0.05, 0.1) is 11.9 Å². The number of ether oxygens (including phenoxy) is 1. The molecule has 1 atom stereocenters. The molecule has 0 aromatic heterocycles. The third-order valence-corrected chi connectivity index (χ3v) is 3.99. The molecule has 0 aliphatic heterocycles. The van der Waals surface area contributed by atoms with E-state index in [-0.39, 0.29) is 11.2 Å². The Balaban J connectivity index is 2.50. The highest BCUT2D eigenvalue weighted by molar-refractivity contribution is 8.00. The first-order valence-corrected chi connectivity index (χ1v) is 7.12. The zero-order chi connectivity index (χ0) is 13.4. The van der Waals surface area contributed by atoms with E-state index in [1.165, 1.54) is 0 Å². The molecule has 0 saturated carbocycles. The van der Waals surface area contributed by atoms with Gasteiger partial charge in [-0.25, -0.2) is 0 Å². The third kappa shape index (κ3) is 5.29. The minimum Gasteiger partial charge on any atom is -0.383 e. The van der Waals surface area contributed by atoms with Gasteiger partial charge in [0, 0.05) is 23.6 Å². The van der Waals surface area contributed by atoms with Crippen LogP contribution >= 0.6 is 23.4 Å². The molecule has 0 fully saturated rings. The Kier molecular flexibility index (Phi) is 7.16. The molecular formula is C13H18ClNO2S. The van der Waals surface area contributed by atoms with E-state index in [4.69, 9.17) is 16.3 Å². The van der Waals surface area contributed by atoms with Crippen LogP contribution in [0.2, 0.25) is 5.02 Å². The van der Waals surface area contributed by atoms with Gasteiger partial charge in [0.2, 0.25) is 5.91 Å². The van der Waals surface area contributed by atoms with Crippen molar-refractivity contribution in [1.29, 1.82) is 0 Å². The van der Waals surface area contributed by atoms with E-state index < -0.39 is 0 Å². The molecule has 3 nitrogen and oxygen atoms in total. The Morgan fingerprint density at radius 1 is 1.44 bits per heavy atom. The van der Waals surface area contributed by atoms with Gasteiger partial charge < -0.3 is 10.1 Å². The van der Waals surface area contributed by atoms with E-state index in [1.54, 1.807) is 18.9 Å². The smallest absolute Gasteiger partial charge is 0.233 e. The maximum Gasteiger partial charge on any atom is 0.233 e. The molecule has 1 aromatic rings. The van der Waals surface area contributed by atoms with E-state index >= 15 is 0 Å². The van der Waals surface area contributed by atoms with Crippen molar-refractivity contribution in [2.24, 2.45) is 0 Å². The van der Waals surface area contributed by atoms with Crippen LogP contribution in [0, 0.1) is 0 Å². The van der Waals surface area contributed by atoms with Crippen molar-refractivity contribution in [2.75, 3.05) is 20.3 Å². The average Bonchev–Trinajstić information content (AvgIpc) is 2.38. The summed E-state index contributed by atoms with van der Waals surface area (Å²) < 4.78 is 4.90. The molecule has 0 spiro atoms. The number of thioether (sulfide) groups is 1. The van der Waals surface area contributed by atoms with Crippen LogP contribution in [0.3, 0.4) is 0 Å². The number of methoxy groups -OCH3 is 1. The number of hydrogen-bond acceptors (Lipinski definition) is 3. The summed E-state index contributed by atoms with van der Waals surface area (Å²) >= 11 is 7.38. The fourth-order valence-corrected chi connectivity index (χ4v) is 2.49. The van der Waals surface area contributed by atoms with Gasteiger partial charge in [-0.2, -0.15) is 0 Å². The number of rotatable bonds is 7. The van der Waals surface area contributed by atoms with Gasteiger partial charge in [0.15, 0.2) is 0 Å². The number of benzene rings is 1. The lowest BCUT2D eigenvalue weighted by molar-refractivity contribution is -0.120. The molecule has 0 radical (unpaired) electrons. The standard InChI is InChI=1S/C13H18ClNO2S/c1-3-12(13(16)15-8-9-17-2)18-11-6-4-10(14)5-7-11/h4-7,12H,3,8-9H2,1-2H3,(H,15,16)/t12-/m1/s1. The zero-order valence-electron chi connectivity index (χ0n) is 10.6. The van der Waals surface area contributed by atoms with Crippen LogP contribution in [0.15, 0.2) is 29.2 Å². The molecule has 1 amide bonds. The summed E-state index contributed by atoms with van der Waals surface area (Å²) in [4.78, 5) is 13.0. The molecule has 0 bridgehead atoms. The van der Waals surface area contributed by atoms with Crippen LogP contribution in [0.4, 0.5) is 0 Å². The quantitative estimate of drug-likeness (QED) is 0.619. The monoisotopic (exact) mass is 287 g/mol. The summed E-state index contributed by atoms with van der Waals surface area (Å²) in [6.07, 6.45) is 0.784. The van der Waals surface area contributed by atoms with Crippen LogP contribution in [0.1, 0.15) is 13.3 Å². The second kappa shape index (κ2) is 8.40. The molecule has 18 heavy (non-hydrogen) atoms. The molecule has 0 aliphatic carbocycles. The van der Waals surface area contributed by atoms with Gasteiger partial charge in [-0.1, -0.05) is 18.5 Å². The largest absolute Gasteiger partial charge is 0.383 e. The molecule has 0 saturated heterocycles. The highest BCUT2D eigenvalue weighted by Gasteiger charge is 2.17. The predicted octanol–water partition coefficient (Wildman–Crippen LogP) is 2.97. The van der Waals surface area contributed by atoms with Crippen LogP contribution in [0.25, 0.3) is 0 Å². The number of carbonyl (C=O) groups excluding carboxylic acids is 1. The summed E-state index contributed by atoms with van der Waals surface area (Å²) in [7, 11) is 1.62. The van der Waals surface area contributed by atoms with E-state index in [1.807, 2.05) is 31.2 Å². The van der Waals surface area contributed by atoms with Gasteiger partial charge in [0.25, 0.3) is 0 Å². The Hall–Kier alpha value is -0.710. The number of nitrogens with one attached hydrogen (secondary N) is 1. The molecule has 1 N–H and O–H groups in total. The SMILES string of the molecule is CC[C@@H](Sc1ccc(Cl)cc1)C(=O)NCCOC. The second-order valence-corrected chi connectivity index (χ2v) is 5.47. The van der Waals surface area contributed by atoms with E-state index in [0.29, 0.717) is 18.2 Å². The summed E-state index contributed by atoms with van der Waals surface area (Å²) in [6.45, 7) is 3.09. The molecule has 1 aromatic carbocycles. The minimum absolute atomic E-state index is 0.0505. The van der Waals surface area contributed by atoms with E-state index in [9.17, 15) is 4.79 Å². The van der Waals surface area contributed by atoms with Crippen molar-refractivity contribution in [2.45, 2.75) is 23.5 Å². The lowest BCUT2D eigenvalue weighted by Gasteiger charge is -2.14. The Morgan fingerprint density at radius 2 is 2.11 bits per heavy atom. The molecule has 0 heterocycles. The zero-order valence-corrected chi connectivity index (χ0v) is 12.2. The summed E-state index contributed by atoms with van der Waals surface area (Å²) in [5, 5.41) is 3.48. The van der Waals surface area contributed by atoms with Crippen molar-refractivity contribution >= 4 is 29.3 Å². The molecule has 100 valence electrons. The van der Waals surface area contributed by atoms with Crippen LogP contribution in [-0.4, -0.2) is 31.4 Å². The normalized spacial score (nSPS) is 12.2. The van der Waals surface area contributed by atoms with E-state index in [0.717, 1.165) is 11.3 Å². The van der Waals surface area contributed by atoms with Crippen molar-refractivity contribution in [1.82, 2.24) is 5.32 Å².